The van der Waals surface area contributed by atoms with Crippen molar-refractivity contribution in [3.05, 3.63) is 0 Å². The maximum atomic E-state index is 5.39. The van der Waals surface area contributed by atoms with E-state index in [1.54, 1.807) is 0 Å². The highest BCUT2D eigenvalue weighted by Gasteiger charge is 2.32. The fourth-order valence-electron chi connectivity index (χ4n) is 2.46. The standard InChI is InChI=1S/C11H23NO/c1-4-11(5-2,6-3)12-7-9-13-10-8-12/h4-10H2,1-3H3. The molecular weight excluding hydrogens is 162 g/mol. The van der Waals surface area contributed by atoms with Crippen molar-refractivity contribution in [3.63, 3.8) is 0 Å². The van der Waals surface area contributed by atoms with E-state index in [2.05, 4.69) is 25.7 Å². The van der Waals surface area contributed by atoms with Crippen LogP contribution in [0.1, 0.15) is 40.0 Å². The largest absolute Gasteiger partial charge is 0.379 e. The van der Waals surface area contributed by atoms with Crippen LogP contribution >= 0.6 is 0 Å². The van der Waals surface area contributed by atoms with Gasteiger partial charge in [-0.2, -0.15) is 0 Å². The summed E-state index contributed by atoms with van der Waals surface area (Å²) in [5.74, 6) is 0. The number of morpholine rings is 1. The summed E-state index contributed by atoms with van der Waals surface area (Å²) in [5.41, 5.74) is 0.448. The van der Waals surface area contributed by atoms with Crippen LogP contribution in [-0.4, -0.2) is 36.7 Å². The van der Waals surface area contributed by atoms with Gasteiger partial charge in [-0.15, -0.1) is 0 Å². The van der Waals surface area contributed by atoms with E-state index in [-0.39, 0.29) is 0 Å². The molecule has 0 atom stereocenters. The van der Waals surface area contributed by atoms with Gasteiger partial charge in [0.25, 0.3) is 0 Å². The number of nitrogens with zero attached hydrogens (tertiary/aromatic N) is 1. The quantitative estimate of drug-likeness (QED) is 0.666. The molecule has 0 unspecified atom stereocenters. The summed E-state index contributed by atoms with van der Waals surface area (Å²) in [7, 11) is 0. The predicted octanol–water partition coefficient (Wildman–Crippen LogP) is 2.29. The first-order valence-corrected chi connectivity index (χ1v) is 5.62. The van der Waals surface area contributed by atoms with Crippen molar-refractivity contribution in [2.24, 2.45) is 0 Å². The molecule has 0 amide bonds. The van der Waals surface area contributed by atoms with Gasteiger partial charge < -0.3 is 4.74 Å². The molecule has 1 rings (SSSR count). The number of rotatable bonds is 4. The van der Waals surface area contributed by atoms with E-state index in [1.165, 1.54) is 19.3 Å². The highest BCUT2D eigenvalue weighted by Crippen LogP contribution is 2.28. The Hall–Kier alpha value is -0.0800. The lowest BCUT2D eigenvalue weighted by Crippen LogP contribution is -2.52. The molecule has 0 radical (unpaired) electrons. The Morgan fingerprint density at radius 3 is 1.85 bits per heavy atom. The maximum absolute atomic E-state index is 5.39. The third kappa shape index (κ3) is 2.23. The van der Waals surface area contributed by atoms with Gasteiger partial charge in [0.1, 0.15) is 0 Å². The predicted molar refractivity (Wildman–Crippen MR) is 56.0 cm³/mol. The normalized spacial score (nSPS) is 20.5. The molecule has 1 heterocycles. The summed E-state index contributed by atoms with van der Waals surface area (Å²) in [4.78, 5) is 2.62. The van der Waals surface area contributed by atoms with Crippen molar-refractivity contribution in [2.75, 3.05) is 26.3 Å². The van der Waals surface area contributed by atoms with Gasteiger partial charge in [-0.1, -0.05) is 20.8 Å². The average Bonchev–Trinajstić information content (AvgIpc) is 2.23. The molecule has 0 saturated carbocycles. The first-order valence-electron chi connectivity index (χ1n) is 5.62. The molecule has 0 aromatic heterocycles. The fourth-order valence-corrected chi connectivity index (χ4v) is 2.46. The molecule has 0 aromatic rings. The second kappa shape index (κ2) is 4.97. The third-order valence-corrected chi connectivity index (χ3v) is 3.66. The zero-order valence-electron chi connectivity index (χ0n) is 9.31. The highest BCUT2D eigenvalue weighted by atomic mass is 16.5. The smallest absolute Gasteiger partial charge is 0.0594 e. The van der Waals surface area contributed by atoms with Crippen LogP contribution in [0.5, 0.6) is 0 Å². The first-order chi connectivity index (χ1) is 6.29. The SMILES string of the molecule is CCC(CC)(CC)N1CCOCC1. The van der Waals surface area contributed by atoms with Crippen LogP contribution < -0.4 is 0 Å². The molecule has 0 aromatic carbocycles. The highest BCUT2D eigenvalue weighted by molar-refractivity contribution is 4.88. The molecule has 0 spiro atoms. The van der Waals surface area contributed by atoms with Gasteiger partial charge in [0.15, 0.2) is 0 Å². The molecule has 1 fully saturated rings. The van der Waals surface area contributed by atoms with Crippen molar-refractivity contribution in [2.45, 2.75) is 45.6 Å². The van der Waals surface area contributed by atoms with E-state index >= 15 is 0 Å². The summed E-state index contributed by atoms with van der Waals surface area (Å²) in [6.07, 6.45) is 3.79. The number of ether oxygens (including phenoxy) is 1. The van der Waals surface area contributed by atoms with E-state index in [1.807, 2.05) is 0 Å². The second-order valence-corrected chi connectivity index (χ2v) is 3.88. The Kier molecular flexibility index (Phi) is 4.20. The lowest BCUT2D eigenvalue weighted by Gasteiger charge is -2.44. The zero-order valence-corrected chi connectivity index (χ0v) is 9.31. The lowest BCUT2D eigenvalue weighted by molar-refractivity contribution is -0.0279. The first kappa shape index (κ1) is 11.0. The number of hydrogen-bond acceptors (Lipinski definition) is 2. The fraction of sp³-hybridized carbons (Fsp3) is 1.00. The minimum absolute atomic E-state index is 0.448. The van der Waals surface area contributed by atoms with Gasteiger partial charge in [0.2, 0.25) is 0 Å². The Morgan fingerprint density at radius 1 is 1.00 bits per heavy atom. The average molecular weight is 185 g/mol. The minimum Gasteiger partial charge on any atom is -0.379 e. The molecule has 0 bridgehead atoms. The minimum atomic E-state index is 0.448. The number of hydrogen-bond donors (Lipinski definition) is 0. The van der Waals surface area contributed by atoms with Crippen molar-refractivity contribution in [1.82, 2.24) is 4.90 Å². The van der Waals surface area contributed by atoms with Crippen LogP contribution in [0.25, 0.3) is 0 Å². The molecule has 2 heteroatoms. The van der Waals surface area contributed by atoms with Crippen molar-refractivity contribution in [3.8, 4) is 0 Å². The molecule has 1 saturated heterocycles. The Bertz CT molecular complexity index is 129. The van der Waals surface area contributed by atoms with E-state index < -0.39 is 0 Å². The Morgan fingerprint density at radius 2 is 1.46 bits per heavy atom. The van der Waals surface area contributed by atoms with Gasteiger partial charge in [-0.25, -0.2) is 0 Å². The van der Waals surface area contributed by atoms with Crippen molar-refractivity contribution < 1.29 is 4.74 Å². The molecule has 13 heavy (non-hydrogen) atoms. The molecule has 1 aliphatic heterocycles. The molecular formula is C11H23NO. The summed E-state index contributed by atoms with van der Waals surface area (Å²) >= 11 is 0. The topological polar surface area (TPSA) is 12.5 Å². The Labute approximate surface area is 82.3 Å². The van der Waals surface area contributed by atoms with Gasteiger partial charge in [-0.05, 0) is 19.3 Å². The maximum Gasteiger partial charge on any atom is 0.0594 e. The summed E-state index contributed by atoms with van der Waals surface area (Å²) < 4.78 is 5.39. The van der Waals surface area contributed by atoms with Crippen molar-refractivity contribution in [1.29, 1.82) is 0 Å². The van der Waals surface area contributed by atoms with E-state index in [0.717, 1.165) is 26.3 Å². The van der Waals surface area contributed by atoms with Crippen LogP contribution in [0.2, 0.25) is 0 Å². The van der Waals surface area contributed by atoms with E-state index in [4.69, 9.17) is 4.74 Å². The molecule has 0 aliphatic carbocycles. The Balaban J connectivity index is 2.60. The molecule has 1 aliphatic rings. The summed E-state index contributed by atoms with van der Waals surface area (Å²) in [6.45, 7) is 11.0. The van der Waals surface area contributed by atoms with Gasteiger partial charge >= 0.3 is 0 Å². The van der Waals surface area contributed by atoms with E-state index in [0.29, 0.717) is 5.54 Å². The van der Waals surface area contributed by atoms with Crippen molar-refractivity contribution >= 4 is 0 Å². The summed E-state index contributed by atoms with van der Waals surface area (Å²) in [6, 6.07) is 0. The van der Waals surface area contributed by atoms with Gasteiger partial charge in [0, 0.05) is 18.6 Å². The third-order valence-electron chi connectivity index (χ3n) is 3.66. The zero-order chi connectivity index (χ0) is 9.73. The van der Waals surface area contributed by atoms with Gasteiger partial charge in [0.05, 0.1) is 13.2 Å². The molecule has 0 N–H and O–H groups in total. The monoisotopic (exact) mass is 185 g/mol. The summed E-state index contributed by atoms with van der Waals surface area (Å²) in [5, 5.41) is 0. The van der Waals surface area contributed by atoms with E-state index in [9.17, 15) is 0 Å². The molecule has 78 valence electrons. The lowest BCUT2D eigenvalue weighted by atomic mass is 9.87. The van der Waals surface area contributed by atoms with Crippen LogP contribution in [0.4, 0.5) is 0 Å². The van der Waals surface area contributed by atoms with Crippen LogP contribution in [0, 0.1) is 0 Å². The van der Waals surface area contributed by atoms with Crippen LogP contribution in [-0.2, 0) is 4.74 Å². The van der Waals surface area contributed by atoms with Gasteiger partial charge in [-0.3, -0.25) is 4.90 Å². The molecule has 2 nitrogen and oxygen atoms in total. The van der Waals surface area contributed by atoms with Crippen LogP contribution in [0.15, 0.2) is 0 Å². The second-order valence-electron chi connectivity index (χ2n) is 3.88. The van der Waals surface area contributed by atoms with Crippen LogP contribution in [0.3, 0.4) is 0 Å².